The fourth-order valence-corrected chi connectivity index (χ4v) is 5.76. The molecule has 0 aliphatic carbocycles. The van der Waals surface area contributed by atoms with Gasteiger partial charge in [0.15, 0.2) is 0 Å². The number of ether oxygens (including phenoxy) is 6. The Kier molecular flexibility index (Phi) is 29.2. The Morgan fingerprint density at radius 3 is 1.22 bits per heavy atom. The van der Waals surface area contributed by atoms with Crippen molar-refractivity contribution in [3.8, 4) is 0 Å². The molecule has 0 aliphatic rings. The molecule has 0 aliphatic heterocycles. The standard InChI is InChI=1S/C25H55NO9Si/c1-5-9-13-27-15-17-29-19-21-31-23-24-32-22-20-30-18-16-28-14-12-26-11-10-25-36(33-6-2,34-7-3)35-8-4/h26H,5-25H2,1-4H3. The van der Waals surface area contributed by atoms with Gasteiger partial charge in [0.25, 0.3) is 0 Å². The first-order chi connectivity index (χ1) is 17.7. The van der Waals surface area contributed by atoms with Crippen LogP contribution in [-0.4, -0.2) is 121 Å². The number of unbranched alkanes of at least 4 members (excludes halogenated alkanes) is 1. The van der Waals surface area contributed by atoms with Crippen LogP contribution in [0.3, 0.4) is 0 Å². The van der Waals surface area contributed by atoms with Gasteiger partial charge in [-0.1, -0.05) is 13.3 Å². The third-order valence-corrected chi connectivity index (χ3v) is 8.01. The highest BCUT2D eigenvalue weighted by Crippen LogP contribution is 2.17. The normalized spacial score (nSPS) is 12.0. The molecule has 0 saturated heterocycles. The van der Waals surface area contributed by atoms with Gasteiger partial charge in [-0.2, -0.15) is 0 Å². The smallest absolute Gasteiger partial charge is 0.379 e. The predicted octanol–water partition coefficient (Wildman–Crippen LogP) is 2.91. The summed E-state index contributed by atoms with van der Waals surface area (Å²) in [4.78, 5) is 0. The topological polar surface area (TPSA) is 95.1 Å². The molecule has 36 heavy (non-hydrogen) atoms. The summed E-state index contributed by atoms with van der Waals surface area (Å²) in [7, 11) is -2.53. The molecule has 0 rings (SSSR count). The molecule has 0 atom stereocenters. The Morgan fingerprint density at radius 1 is 0.444 bits per heavy atom. The van der Waals surface area contributed by atoms with Crippen LogP contribution >= 0.6 is 0 Å². The van der Waals surface area contributed by atoms with Gasteiger partial charge in [-0.3, -0.25) is 0 Å². The Morgan fingerprint density at radius 2 is 0.833 bits per heavy atom. The second-order valence-electron chi connectivity index (χ2n) is 7.86. The monoisotopic (exact) mass is 541 g/mol. The van der Waals surface area contributed by atoms with Crippen LogP contribution in [0.15, 0.2) is 0 Å². The highest BCUT2D eigenvalue weighted by molar-refractivity contribution is 6.60. The van der Waals surface area contributed by atoms with E-state index in [0.29, 0.717) is 92.5 Å². The molecule has 1 N–H and O–H groups in total. The van der Waals surface area contributed by atoms with Gasteiger partial charge >= 0.3 is 8.80 Å². The fraction of sp³-hybridized carbons (Fsp3) is 1.00. The molecule has 0 heterocycles. The SMILES string of the molecule is CCCCOCCOCCOCCOCCOCCOCCNCCC[Si](OCC)(OCC)OCC. The summed E-state index contributed by atoms with van der Waals surface area (Å²) in [5.74, 6) is 0. The molecule has 0 amide bonds. The highest BCUT2D eigenvalue weighted by Gasteiger charge is 2.39. The van der Waals surface area contributed by atoms with Gasteiger partial charge in [0.1, 0.15) is 0 Å². The number of hydrogen-bond acceptors (Lipinski definition) is 10. The lowest BCUT2D eigenvalue weighted by atomic mass is 10.4. The maximum atomic E-state index is 5.87. The van der Waals surface area contributed by atoms with Crippen LogP contribution in [0.4, 0.5) is 0 Å². The van der Waals surface area contributed by atoms with Crippen LogP contribution in [0.2, 0.25) is 6.04 Å². The van der Waals surface area contributed by atoms with Crippen molar-refractivity contribution >= 4 is 8.80 Å². The Bertz CT molecular complexity index is 408. The van der Waals surface area contributed by atoms with Gasteiger partial charge in [-0.15, -0.1) is 0 Å². The third-order valence-electron chi connectivity index (χ3n) is 4.85. The number of nitrogens with one attached hydrogen (secondary N) is 1. The van der Waals surface area contributed by atoms with Crippen molar-refractivity contribution in [2.75, 3.05) is 112 Å². The van der Waals surface area contributed by atoms with E-state index in [4.69, 9.17) is 41.7 Å². The van der Waals surface area contributed by atoms with Crippen molar-refractivity contribution in [3.05, 3.63) is 0 Å². The second-order valence-corrected chi connectivity index (χ2v) is 10.6. The van der Waals surface area contributed by atoms with Crippen LogP contribution in [0.1, 0.15) is 47.0 Å². The van der Waals surface area contributed by atoms with Crippen molar-refractivity contribution in [1.29, 1.82) is 0 Å². The summed E-state index contributed by atoms with van der Waals surface area (Å²) in [6.45, 7) is 18.8. The maximum absolute atomic E-state index is 5.87. The molecular weight excluding hydrogens is 486 g/mol. The first-order valence-electron chi connectivity index (χ1n) is 13.8. The molecule has 0 fully saturated rings. The maximum Gasteiger partial charge on any atom is 0.500 e. The molecule has 0 unspecified atom stereocenters. The minimum Gasteiger partial charge on any atom is -0.379 e. The van der Waals surface area contributed by atoms with E-state index in [9.17, 15) is 0 Å². The zero-order valence-corrected chi connectivity index (χ0v) is 24.5. The van der Waals surface area contributed by atoms with Gasteiger partial charge < -0.3 is 47.0 Å². The first-order valence-corrected chi connectivity index (χ1v) is 15.8. The quantitative estimate of drug-likeness (QED) is 0.104. The summed E-state index contributed by atoms with van der Waals surface area (Å²) in [6, 6.07) is 0.821. The average molecular weight is 542 g/mol. The molecule has 0 saturated carbocycles. The lowest BCUT2D eigenvalue weighted by Gasteiger charge is -2.28. The minimum atomic E-state index is -2.53. The van der Waals surface area contributed by atoms with E-state index >= 15 is 0 Å². The third kappa shape index (κ3) is 24.2. The number of rotatable bonds is 31. The average Bonchev–Trinajstić information content (AvgIpc) is 2.87. The van der Waals surface area contributed by atoms with E-state index in [1.807, 2.05) is 20.8 Å². The molecule has 0 radical (unpaired) electrons. The van der Waals surface area contributed by atoms with Gasteiger partial charge in [-0.05, 0) is 40.2 Å². The minimum absolute atomic E-state index is 0.548. The van der Waals surface area contributed by atoms with E-state index in [1.54, 1.807) is 0 Å². The summed E-state index contributed by atoms with van der Waals surface area (Å²) >= 11 is 0. The Hall–Kier alpha value is -0.183. The van der Waals surface area contributed by atoms with Crippen molar-refractivity contribution in [2.45, 2.75) is 53.0 Å². The molecular formula is C25H55NO9Si. The van der Waals surface area contributed by atoms with Crippen LogP contribution in [0, 0.1) is 0 Å². The van der Waals surface area contributed by atoms with E-state index in [1.165, 1.54) is 0 Å². The van der Waals surface area contributed by atoms with E-state index in [-0.39, 0.29) is 0 Å². The largest absolute Gasteiger partial charge is 0.500 e. The fourth-order valence-electron chi connectivity index (χ4n) is 3.15. The molecule has 0 aromatic rings. The number of hydrogen-bond donors (Lipinski definition) is 1. The molecule has 0 aromatic carbocycles. The van der Waals surface area contributed by atoms with Crippen molar-refractivity contribution in [2.24, 2.45) is 0 Å². The van der Waals surface area contributed by atoms with E-state index in [0.717, 1.165) is 45.0 Å². The summed E-state index contributed by atoms with van der Waals surface area (Å²) < 4.78 is 50.5. The Labute approximate surface area is 221 Å². The summed E-state index contributed by atoms with van der Waals surface area (Å²) in [5, 5.41) is 3.39. The zero-order valence-electron chi connectivity index (χ0n) is 23.5. The van der Waals surface area contributed by atoms with Crippen LogP contribution in [0.25, 0.3) is 0 Å². The van der Waals surface area contributed by atoms with E-state index < -0.39 is 8.80 Å². The highest BCUT2D eigenvalue weighted by atomic mass is 28.4. The lowest BCUT2D eigenvalue weighted by molar-refractivity contribution is -0.0166. The van der Waals surface area contributed by atoms with Crippen LogP contribution < -0.4 is 5.32 Å². The first kappa shape index (κ1) is 35.8. The molecule has 218 valence electrons. The molecule has 0 bridgehead atoms. The summed E-state index contributed by atoms with van der Waals surface area (Å²) in [5.41, 5.74) is 0. The molecule has 0 spiro atoms. The van der Waals surface area contributed by atoms with Gasteiger partial charge in [0, 0.05) is 39.0 Å². The second kappa shape index (κ2) is 29.4. The molecule has 11 heteroatoms. The van der Waals surface area contributed by atoms with Gasteiger partial charge in [0.05, 0.1) is 72.7 Å². The lowest BCUT2D eigenvalue weighted by Crippen LogP contribution is -2.46. The van der Waals surface area contributed by atoms with Gasteiger partial charge in [-0.25, -0.2) is 0 Å². The molecule has 10 nitrogen and oxygen atoms in total. The zero-order chi connectivity index (χ0) is 26.4. The van der Waals surface area contributed by atoms with Crippen LogP contribution in [0.5, 0.6) is 0 Å². The van der Waals surface area contributed by atoms with Gasteiger partial charge in [0.2, 0.25) is 0 Å². The van der Waals surface area contributed by atoms with E-state index in [2.05, 4.69) is 12.2 Å². The Balaban J connectivity index is 3.30. The van der Waals surface area contributed by atoms with Crippen molar-refractivity contribution < 1.29 is 41.7 Å². The predicted molar refractivity (Wildman–Crippen MR) is 143 cm³/mol. The van der Waals surface area contributed by atoms with Crippen LogP contribution in [-0.2, 0) is 41.7 Å². The molecule has 0 aromatic heterocycles. The van der Waals surface area contributed by atoms with Crippen molar-refractivity contribution in [3.63, 3.8) is 0 Å². The summed E-state index contributed by atoms with van der Waals surface area (Å²) in [6.07, 6.45) is 3.20. The van der Waals surface area contributed by atoms with Crippen molar-refractivity contribution in [1.82, 2.24) is 5.32 Å².